The van der Waals surface area contributed by atoms with E-state index in [2.05, 4.69) is 20.4 Å². The van der Waals surface area contributed by atoms with Gasteiger partial charge in [-0.3, -0.25) is 38.4 Å². The number of cyclic esters (lactones) is 1. The number of piperidine rings is 2. The molecular formula is C55H62N8O10. The summed E-state index contributed by atoms with van der Waals surface area (Å²) in [6, 6.07) is 12.3. The molecule has 2 amide bonds. The molecule has 0 saturated carbocycles. The number of benzene rings is 2. The second-order valence-corrected chi connectivity index (χ2v) is 20.3. The Labute approximate surface area is 422 Å². The van der Waals surface area contributed by atoms with Crippen LogP contribution in [0.4, 0.5) is 0 Å². The number of amides is 2. The van der Waals surface area contributed by atoms with Gasteiger partial charge in [0, 0.05) is 61.4 Å². The first kappa shape index (κ1) is 49.4. The van der Waals surface area contributed by atoms with Crippen LogP contribution in [0.15, 0.2) is 75.0 Å². The third-order valence-electron chi connectivity index (χ3n) is 15.7. The molecule has 0 bridgehead atoms. The number of dihydropyridines is 1. The van der Waals surface area contributed by atoms with Gasteiger partial charge in [-0.1, -0.05) is 39.8 Å². The number of phenolic OH excluding ortho intramolecular Hbond substituents is 2. The number of carbonyl (C=O) groups excluding carboxylic acids is 5. The molecule has 5 aliphatic heterocycles. The molecule has 2 aromatic heterocycles. The van der Waals surface area contributed by atoms with E-state index in [1.165, 1.54) is 6.07 Å². The summed E-state index contributed by atoms with van der Waals surface area (Å²) in [5, 5.41) is 32.7. The lowest BCUT2D eigenvalue weighted by Gasteiger charge is -2.39. The van der Waals surface area contributed by atoms with Gasteiger partial charge in [0.05, 0.1) is 41.0 Å². The number of aliphatic imine (C=N–C) groups is 1. The maximum absolute atomic E-state index is 14.2. The van der Waals surface area contributed by atoms with E-state index in [1.807, 2.05) is 56.9 Å². The van der Waals surface area contributed by atoms with E-state index in [9.17, 15) is 39.0 Å². The topological polar surface area (TPSA) is 228 Å². The number of phenols is 2. The number of hydrogen-bond acceptors (Lipinski definition) is 14. The Hall–Kier alpha value is -7.21. The van der Waals surface area contributed by atoms with Gasteiger partial charge in [0.1, 0.15) is 18.1 Å². The molecule has 10 rings (SSSR count). The van der Waals surface area contributed by atoms with Gasteiger partial charge in [0.25, 0.3) is 11.5 Å². The van der Waals surface area contributed by atoms with E-state index in [0.29, 0.717) is 118 Å². The summed E-state index contributed by atoms with van der Waals surface area (Å²) in [6.45, 7) is 12.7. The normalized spacial score (nSPS) is 21.2. The summed E-state index contributed by atoms with van der Waals surface area (Å²) in [6.07, 6.45) is 5.51. The highest BCUT2D eigenvalue weighted by Gasteiger charge is 2.52. The zero-order valence-corrected chi connectivity index (χ0v) is 42.0. The number of likely N-dealkylation sites (tertiary alicyclic amines) is 2. The lowest BCUT2D eigenvalue weighted by Crippen LogP contribution is -2.50. The summed E-state index contributed by atoms with van der Waals surface area (Å²) >= 11 is 0. The molecule has 2 fully saturated rings. The first-order valence-corrected chi connectivity index (χ1v) is 25.8. The highest BCUT2D eigenvalue weighted by molar-refractivity contribution is 6.16. The Kier molecular flexibility index (Phi) is 13.3. The van der Waals surface area contributed by atoms with Crippen molar-refractivity contribution in [2.24, 2.45) is 16.8 Å². The fourth-order valence-electron chi connectivity index (χ4n) is 11.6. The fraction of sp³-hybridized carbons (Fsp3) is 0.473. The van der Waals surface area contributed by atoms with Crippen LogP contribution in [0, 0.1) is 11.8 Å². The molecule has 18 nitrogen and oxygen atoms in total. The van der Waals surface area contributed by atoms with Crippen LogP contribution in [0.3, 0.4) is 0 Å². The Morgan fingerprint density at radius 1 is 0.904 bits per heavy atom. The van der Waals surface area contributed by atoms with E-state index >= 15 is 0 Å². The fourth-order valence-corrected chi connectivity index (χ4v) is 11.6. The van der Waals surface area contributed by atoms with Crippen molar-refractivity contribution in [1.29, 1.82) is 0 Å². The van der Waals surface area contributed by atoms with E-state index in [0.717, 1.165) is 22.3 Å². The van der Waals surface area contributed by atoms with Crippen molar-refractivity contribution in [1.82, 2.24) is 34.4 Å². The number of esters is 2. The van der Waals surface area contributed by atoms with Crippen molar-refractivity contribution in [3.05, 3.63) is 109 Å². The first-order valence-electron chi connectivity index (χ1n) is 25.8. The van der Waals surface area contributed by atoms with Crippen LogP contribution in [0.1, 0.15) is 130 Å². The number of ether oxygens (including phenoxy) is 2. The molecule has 2 atom stereocenters. The summed E-state index contributed by atoms with van der Waals surface area (Å²) in [5.41, 5.74) is 5.13. The first-order chi connectivity index (χ1) is 35.1. The molecule has 2 unspecified atom stereocenters. The van der Waals surface area contributed by atoms with Crippen molar-refractivity contribution in [3.8, 4) is 28.6 Å². The van der Waals surface area contributed by atoms with Crippen LogP contribution in [-0.2, 0) is 53.9 Å². The number of hydrogen-bond donors (Lipinski definition) is 3. The average molecular weight is 995 g/mol. The number of fused-ring (bicyclic) bond motifs is 5. The van der Waals surface area contributed by atoms with Crippen molar-refractivity contribution in [3.63, 3.8) is 0 Å². The summed E-state index contributed by atoms with van der Waals surface area (Å²) in [5.74, 6) is -2.25. The minimum Gasteiger partial charge on any atom is -0.508 e. The second kappa shape index (κ2) is 19.7. The number of nitrogens with zero attached hydrogens (tertiary/aromatic N) is 7. The Morgan fingerprint density at radius 3 is 2.32 bits per heavy atom. The number of aromatic nitrogens is 4. The van der Waals surface area contributed by atoms with Gasteiger partial charge in [-0.25, -0.2) is 4.79 Å². The van der Waals surface area contributed by atoms with E-state index in [1.54, 1.807) is 34.3 Å². The average Bonchev–Trinajstić information content (AvgIpc) is 3.99. The van der Waals surface area contributed by atoms with Crippen molar-refractivity contribution in [2.45, 2.75) is 123 Å². The van der Waals surface area contributed by atoms with Gasteiger partial charge in [-0.05, 0) is 123 Å². The molecule has 4 aromatic rings. The molecule has 2 saturated heterocycles. The second-order valence-electron chi connectivity index (χ2n) is 20.3. The van der Waals surface area contributed by atoms with Gasteiger partial charge in [0.15, 0.2) is 11.6 Å². The Bertz CT molecular complexity index is 3090. The maximum atomic E-state index is 14.2. The van der Waals surface area contributed by atoms with Crippen LogP contribution in [0.25, 0.3) is 17.1 Å². The predicted octanol–water partition coefficient (Wildman–Crippen LogP) is 5.92. The van der Waals surface area contributed by atoms with Gasteiger partial charge in [-0.2, -0.15) is 0 Å². The number of rotatable bonds is 12. The van der Waals surface area contributed by atoms with Crippen LogP contribution in [-0.4, -0.2) is 113 Å². The summed E-state index contributed by atoms with van der Waals surface area (Å²) < 4.78 is 15.1. The molecule has 7 heterocycles. The van der Waals surface area contributed by atoms with E-state index in [4.69, 9.17) is 14.5 Å². The van der Waals surface area contributed by atoms with Crippen molar-refractivity contribution in [2.75, 3.05) is 32.7 Å². The minimum atomic E-state index is -1.82. The number of pyridine rings is 1. The quantitative estimate of drug-likeness (QED) is 0.140. The van der Waals surface area contributed by atoms with Crippen LogP contribution in [0.5, 0.6) is 11.5 Å². The van der Waals surface area contributed by atoms with Gasteiger partial charge >= 0.3 is 11.9 Å². The van der Waals surface area contributed by atoms with Crippen molar-refractivity contribution >= 4 is 35.2 Å². The smallest absolute Gasteiger partial charge is 0.355 e. The Morgan fingerprint density at radius 2 is 1.63 bits per heavy atom. The zero-order chi connectivity index (χ0) is 51.5. The number of allylic oxidation sites excluding steroid dienone is 2. The highest BCUT2D eigenvalue weighted by Crippen LogP contribution is 2.43. The third kappa shape index (κ3) is 8.76. The molecule has 18 heteroatoms. The monoisotopic (exact) mass is 994 g/mol. The Balaban J connectivity index is 0.768. The lowest BCUT2D eigenvalue weighted by molar-refractivity contribution is -0.193. The molecule has 382 valence electrons. The molecule has 0 radical (unpaired) electrons. The molecule has 73 heavy (non-hydrogen) atoms. The van der Waals surface area contributed by atoms with Crippen LogP contribution >= 0.6 is 0 Å². The van der Waals surface area contributed by atoms with Gasteiger partial charge in [-0.15, -0.1) is 10.2 Å². The minimum absolute atomic E-state index is 0.0344. The summed E-state index contributed by atoms with van der Waals surface area (Å²) in [4.78, 5) is 90.9. The third-order valence-corrected chi connectivity index (χ3v) is 15.7. The summed E-state index contributed by atoms with van der Waals surface area (Å²) in [7, 11) is 0. The number of carbonyl (C=O) groups is 5. The van der Waals surface area contributed by atoms with Gasteiger partial charge < -0.3 is 34.5 Å². The molecule has 2 aromatic carbocycles. The predicted molar refractivity (Wildman–Crippen MR) is 268 cm³/mol. The SMILES string of the molecule is CCNC(=O)c1nnc(-c2cc(C(C)C)c(O)cc2O)n1-c1ccc(CN2CCC(C(=O)N3CCC(C(=O)OC4(CC)C(=O)OCc5c4cc4n(c5=O)CC5=C(CC)C6=CC(=O)CCC6N=C54)CC3)CC2)cc1. The molecule has 3 N–H and O–H groups in total. The molecule has 6 aliphatic rings. The maximum Gasteiger partial charge on any atom is 0.355 e. The number of ketones is 1. The number of aromatic hydroxyl groups is 2. The standard InChI is InChI=1S/C55H62N8O10/c1-6-36-38-23-35(64)13-14-43(38)57-47-40(36)28-62-44(47)25-42-41(52(62)69)29-72-54(71)55(42,7-2)73-53(70)33-17-21-61(22-18-33)51(68)32-15-19-60(20-16-32)27-31-9-11-34(12-10-31)63-48(58-59-49(63)50(67)56-8-3)39-24-37(30(4)5)45(65)26-46(39)66/h9-12,23-26,30,32-33,43,65-66H,6-8,13-22,27-29H2,1-5H3,(H,56,67). The van der Waals surface area contributed by atoms with E-state index in [-0.39, 0.29) is 83.4 Å². The number of nitrogens with one attached hydrogen (secondary N) is 1. The molecular weight excluding hydrogens is 933 g/mol. The van der Waals surface area contributed by atoms with Crippen LogP contribution in [0.2, 0.25) is 0 Å². The molecule has 0 spiro atoms. The largest absolute Gasteiger partial charge is 0.508 e. The van der Waals surface area contributed by atoms with Gasteiger partial charge in [0.2, 0.25) is 17.3 Å². The highest BCUT2D eigenvalue weighted by atomic mass is 16.6. The van der Waals surface area contributed by atoms with Crippen molar-refractivity contribution < 1.29 is 43.7 Å². The van der Waals surface area contributed by atoms with E-state index < -0.39 is 29.4 Å². The zero-order valence-electron chi connectivity index (χ0n) is 42.0. The molecule has 1 aliphatic carbocycles. The lowest BCUT2D eigenvalue weighted by atomic mass is 9.81. The van der Waals surface area contributed by atoms with Crippen LogP contribution < -0.4 is 10.9 Å².